The number of hydrogen-bond donors (Lipinski definition) is 2. The van der Waals surface area contributed by atoms with E-state index in [1.54, 1.807) is 6.92 Å². The van der Waals surface area contributed by atoms with Crippen LogP contribution in [0, 0.1) is 23.0 Å². The number of nitrogens with one attached hydrogen (secondary N) is 1. The lowest BCUT2D eigenvalue weighted by Crippen LogP contribution is -2.22. The highest BCUT2D eigenvalue weighted by molar-refractivity contribution is 9.10. The average molecular weight is 316 g/mol. The van der Waals surface area contributed by atoms with E-state index < -0.39 is 4.92 Å². The zero-order valence-electron chi connectivity index (χ0n) is 9.89. The molecule has 1 unspecified atom stereocenters. The van der Waals surface area contributed by atoms with Gasteiger partial charge < -0.3 is 10.4 Å². The zero-order chi connectivity index (χ0) is 13.3. The van der Waals surface area contributed by atoms with E-state index in [1.807, 2.05) is 0 Å². The molecule has 0 aliphatic heterocycles. The molecule has 0 aromatic carbocycles. The van der Waals surface area contributed by atoms with Crippen molar-refractivity contribution in [2.24, 2.45) is 5.92 Å². The van der Waals surface area contributed by atoms with Gasteiger partial charge in [-0.1, -0.05) is 0 Å². The summed E-state index contributed by atoms with van der Waals surface area (Å²) in [4.78, 5) is 14.3. The third-order valence-corrected chi connectivity index (χ3v) is 4.05. The van der Waals surface area contributed by atoms with Crippen LogP contribution in [0.5, 0.6) is 0 Å². The Hall–Kier alpha value is -1.21. The lowest BCUT2D eigenvalue weighted by atomic mass is 10.2. The standard InChI is InChI=1S/C11H14BrN3O3/c1-6-8(15(17)18)4-13-11(10(6)12)14-5-9(16)7-2-3-7/h4,7,9,16H,2-3,5H2,1H3,(H,13,14). The molecular formula is C11H14BrN3O3. The van der Waals surface area contributed by atoms with Crippen LogP contribution >= 0.6 is 15.9 Å². The molecule has 1 fully saturated rings. The first-order valence-electron chi connectivity index (χ1n) is 5.72. The minimum Gasteiger partial charge on any atom is -0.391 e. The first-order chi connectivity index (χ1) is 8.50. The number of rotatable bonds is 5. The number of aliphatic hydroxyl groups excluding tert-OH is 1. The number of hydrogen-bond acceptors (Lipinski definition) is 5. The van der Waals surface area contributed by atoms with Crippen molar-refractivity contribution in [1.29, 1.82) is 0 Å². The molecule has 0 bridgehead atoms. The summed E-state index contributed by atoms with van der Waals surface area (Å²) >= 11 is 3.29. The van der Waals surface area contributed by atoms with Gasteiger partial charge in [0, 0.05) is 12.1 Å². The summed E-state index contributed by atoms with van der Waals surface area (Å²) in [6, 6.07) is 0. The predicted molar refractivity (Wildman–Crippen MR) is 70.5 cm³/mol. The van der Waals surface area contributed by atoms with Crippen molar-refractivity contribution in [2.45, 2.75) is 25.9 Å². The quantitative estimate of drug-likeness (QED) is 0.642. The van der Waals surface area contributed by atoms with Crippen LogP contribution < -0.4 is 5.32 Å². The van der Waals surface area contributed by atoms with Gasteiger partial charge in [-0.25, -0.2) is 4.98 Å². The highest BCUT2D eigenvalue weighted by Crippen LogP contribution is 2.34. The Balaban J connectivity index is 2.08. The number of aromatic nitrogens is 1. The Morgan fingerprint density at radius 3 is 2.94 bits per heavy atom. The fraction of sp³-hybridized carbons (Fsp3) is 0.545. The molecule has 6 nitrogen and oxygen atoms in total. The molecular weight excluding hydrogens is 302 g/mol. The lowest BCUT2D eigenvalue weighted by Gasteiger charge is -2.13. The van der Waals surface area contributed by atoms with Gasteiger partial charge in [-0.2, -0.15) is 0 Å². The van der Waals surface area contributed by atoms with Gasteiger partial charge in [0.15, 0.2) is 0 Å². The summed E-state index contributed by atoms with van der Waals surface area (Å²) in [6.07, 6.45) is 2.98. The minimum atomic E-state index is -0.462. The summed E-state index contributed by atoms with van der Waals surface area (Å²) in [6.45, 7) is 2.07. The van der Waals surface area contributed by atoms with E-state index in [0.717, 1.165) is 12.8 Å². The molecule has 2 rings (SSSR count). The van der Waals surface area contributed by atoms with Crippen molar-refractivity contribution in [2.75, 3.05) is 11.9 Å². The van der Waals surface area contributed by atoms with Gasteiger partial charge in [-0.15, -0.1) is 0 Å². The number of nitro groups is 1. The summed E-state index contributed by atoms with van der Waals surface area (Å²) in [7, 11) is 0. The van der Waals surface area contributed by atoms with E-state index in [0.29, 0.717) is 28.3 Å². The maximum absolute atomic E-state index is 10.7. The van der Waals surface area contributed by atoms with Gasteiger partial charge in [-0.3, -0.25) is 10.1 Å². The Bertz CT molecular complexity index is 477. The second-order valence-corrected chi connectivity index (χ2v) is 5.27. The molecule has 1 saturated carbocycles. The van der Waals surface area contributed by atoms with Crippen molar-refractivity contribution in [3.05, 3.63) is 26.3 Å². The molecule has 18 heavy (non-hydrogen) atoms. The van der Waals surface area contributed by atoms with Crippen molar-refractivity contribution >= 4 is 27.4 Å². The summed E-state index contributed by atoms with van der Waals surface area (Å²) < 4.78 is 0.569. The molecule has 1 aromatic heterocycles. The Morgan fingerprint density at radius 1 is 1.72 bits per heavy atom. The molecule has 0 amide bonds. The lowest BCUT2D eigenvalue weighted by molar-refractivity contribution is -0.385. The normalized spacial score (nSPS) is 16.4. The van der Waals surface area contributed by atoms with Crippen molar-refractivity contribution in [1.82, 2.24) is 4.98 Å². The SMILES string of the molecule is Cc1c([N+](=O)[O-])cnc(NCC(O)C2CC2)c1Br. The number of nitrogens with zero attached hydrogens (tertiary/aromatic N) is 2. The number of halogens is 1. The van der Waals surface area contributed by atoms with Crippen LogP contribution in [-0.4, -0.2) is 27.7 Å². The van der Waals surface area contributed by atoms with Gasteiger partial charge in [0.2, 0.25) is 0 Å². The highest BCUT2D eigenvalue weighted by atomic mass is 79.9. The first-order valence-corrected chi connectivity index (χ1v) is 6.51. The van der Waals surface area contributed by atoms with Crippen molar-refractivity contribution < 1.29 is 10.0 Å². The second kappa shape index (κ2) is 5.19. The molecule has 2 N–H and O–H groups in total. The van der Waals surface area contributed by atoms with Crippen LogP contribution in [0.2, 0.25) is 0 Å². The van der Waals surface area contributed by atoms with E-state index in [1.165, 1.54) is 6.20 Å². The zero-order valence-corrected chi connectivity index (χ0v) is 11.5. The molecule has 0 saturated heterocycles. The number of anilines is 1. The third-order valence-electron chi connectivity index (χ3n) is 3.08. The third kappa shape index (κ3) is 2.78. The average Bonchev–Trinajstić information content (AvgIpc) is 3.14. The van der Waals surface area contributed by atoms with Crippen LogP contribution in [0.15, 0.2) is 10.7 Å². The van der Waals surface area contributed by atoms with Gasteiger partial charge >= 0.3 is 0 Å². The molecule has 1 aliphatic rings. The molecule has 1 aromatic rings. The Labute approximate surface area is 113 Å². The molecule has 7 heteroatoms. The van der Waals surface area contributed by atoms with Crippen LogP contribution in [0.4, 0.5) is 11.5 Å². The molecule has 1 aliphatic carbocycles. The van der Waals surface area contributed by atoms with Crippen LogP contribution in [0.1, 0.15) is 18.4 Å². The van der Waals surface area contributed by atoms with E-state index >= 15 is 0 Å². The van der Waals surface area contributed by atoms with Crippen LogP contribution in [0.25, 0.3) is 0 Å². The predicted octanol–water partition coefficient (Wildman–Crippen LogP) is 2.24. The minimum absolute atomic E-state index is 0.0184. The first kappa shape index (κ1) is 13.2. The van der Waals surface area contributed by atoms with Gasteiger partial charge in [0.25, 0.3) is 5.69 Å². The fourth-order valence-electron chi connectivity index (χ4n) is 1.73. The van der Waals surface area contributed by atoms with Crippen molar-refractivity contribution in [3.63, 3.8) is 0 Å². The Kier molecular flexibility index (Phi) is 3.82. The molecule has 1 heterocycles. The number of aliphatic hydroxyl groups is 1. The summed E-state index contributed by atoms with van der Waals surface area (Å²) in [5.74, 6) is 0.910. The maximum atomic E-state index is 10.7. The monoisotopic (exact) mass is 315 g/mol. The van der Waals surface area contributed by atoms with E-state index in [4.69, 9.17) is 0 Å². The highest BCUT2D eigenvalue weighted by Gasteiger charge is 2.29. The van der Waals surface area contributed by atoms with Crippen LogP contribution in [-0.2, 0) is 0 Å². The van der Waals surface area contributed by atoms with E-state index in [-0.39, 0.29) is 11.8 Å². The van der Waals surface area contributed by atoms with Crippen LogP contribution in [0.3, 0.4) is 0 Å². The van der Waals surface area contributed by atoms with Gasteiger partial charge in [-0.05, 0) is 41.6 Å². The van der Waals surface area contributed by atoms with Gasteiger partial charge in [0.1, 0.15) is 12.0 Å². The molecule has 0 spiro atoms. The van der Waals surface area contributed by atoms with E-state index in [9.17, 15) is 15.2 Å². The Morgan fingerprint density at radius 2 is 2.39 bits per heavy atom. The summed E-state index contributed by atoms with van der Waals surface area (Å²) in [5.41, 5.74) is 0.508. The van der Waals surface area contributed by atoms with Crippen molar-refractivity contribution in [3.8, 4) is 0 Å². The molecule has 0 radical (unpaired) electrons. The van der Waals surface area contributed by atoms with E-state index in [2.05, 4.69) is 26.2 Å². The van der Waals surface area contributed by atoms with Gasteiger partial charge in [0.05, 0.1) is 15.5 Å². The summed E-state index contributed by atoms with van der Waals surface area (Å²) in [5, 5.41) is 23.5. The smallest absolute Gasteiger partial charge is 0.291 e. The largest absolute Gasteiger partial charge is 0.391 e. The fourth-order valence-corrected chi connectivity index (χ4v) is 2.17. The number of pyridine rings is 1. The second-order valence-electron chi connectivity index (χ2n) is 4.47. The maximum Gasteiger partial charge on any atom is 0.291 e. The molecule has 1 atom stereocenters. The molecule has 98 valence electrons. The topological polar surface area (TPSA) is 88.3 Å².